The monoisotopic (exact) mass is 583 g/mol. The van der Waals surface area contributed by atoms with Crippen LogP contribution in [0.25, 0.3) is 0 Å². The largest absolute Gasteiger partial charge is 0.445 e. The van der Waals surface area contributed by atoms with Crippen LogP contribution in [0.4, 0.5) is 4.79 Å². The molecule has 0 unspecified atom stereocenters. The first-order valence-electron chi connectivity index (χ1n) is 15.3. The van der Waals surface area contributed by atoms with Crippen LogP contribution in [0, 0.1) is 0 Å². The van der Waals surface area contributed by atoms with Crippen molar-refractivity contribution < 1.29 is 19.1 Å². The van der Waals surface area contributed by atoms with E-state index in [0.29, 0.717) is 45.2 Å². The summed E-state index contributed by atoms with van der Waals surface area (Å²) in [6.45, 7) is 3.45. The first kappa shape index (κ1) is 30.2. The zero-order valence-electron chi connectivity index (χ0n) is 24.6. The van der Waals surface area contributed by atoms with Crippen molar-refractivity contribution >= 4 is 17.9 Å². The van der Waals surface area contributed by atoms with E-state index in [2.05, 4.69) is 44.8 Å². The Morgan fingerprint density at radius 3 is 2.33 bits per heavy atom. The summed E-state index contributed by atoms with van der Waals surface area (Å²) in [5.41, 5.74) is 2.27. The third-order valence-corrected chi connectivity index (χ3v) is 8.52. The summed E-state index contributed by atoms with van der Waals surface area (Å²) in [5, 5.41) is 5.84. The fraction of sp³-hybridized carbons (Fsp3) is 0.412. The lowest BCUT2D eigenvalue weighted by Crippen LogP contribution is -2.72. The number of likely N-dealkylation sites (tertiary alicyclic amines) is 1. The van der Waals surface area contributed by atoms with Gasteiger partial charge in [-0.15, -0.1) is 0 Å². The Morgan fingerprint density at radius 2 is 1.63 bits per heavy atom. The lowest BCUT2D eigenvalue weighted by molar-refractivity contribution is -0.162. The van der Waals surface area contributed by atoms with E-state index < -0.39 is 17.7 Å². The average molecular weight is 584 g/mol. The number of piperazine rings is 1. The summed E-state index contributed by atoms with van der Waals surface area (Å²) >= 11 is 0. The Kier molecular flexibility index (Phi) is 10.4. The molecule has 0 bridgehead atoms. The third kappa shape index (κ3) is 7.99. The molecular weight excluding hydrogens is 542 g/mol. The second-order valence-electron chi connectivity index (χ2n) is 11.4. The van der Waals surface area contributed by atoms with Crippen LogP contribution >= 0.6 is 0 Å². The van der Waals surface area contributed by atoms with Crippen LogP contribution in [0.3, 0.4) is 0 Å². The van der Waals surface area contributed by atoms with Crippen molar-refractivity contribution in [2.75, 3.05) is 26.2 Å². The number of benzene rings is 2. The molecule has 9 nitrogen and oxygen atoms in total. The van der Waals surface area contributed by atoms with Gasteiger partial charge in [0.05, 0.1) is 0 Å². The van der Waals surface area contributed by atoms with Crippen molar-refractivity contribution in [3.8, 4) is 0 Å². The van der Waals surface area contributed by atoms with Crippen molar-refractivity contribution in [1.29, 1.82) is 0 Å². The Labute approximate surface area is 253 Å². The average Bonchev–Trinajstić information content (AvgIpc) is 3.05. The zero-order chi connectivity index (χ0) is 29.9. The standard InChI is InChI=1S/C34H41N5O4/c40-31-30(15-7-8-20-36-33(42)43-26-28-12-5-2-6-13-28)37-32(41)34(39(31)25-29-14-9-19-35-24-29)17-22-38(23-18-34)21-16-27-10-3-1-4-11-27/h1-6,9-14,19,24,30H,7-8,15-18,20-23,25-26H2,(H,36,42)(H,37,41)/t30-/m0/s1. The predicted molar refractivity (Wildman–Crippen MR) is 164 cm³/mol. The predicted octanol–water partition coefficient (Wildman–Crippen LogP) is 4.08. The number of carbonyl (C=O) groups excluding carboxylic acids is 3. The Hall–Kier alpha value is -4.24. The van der Waals surface area contributed by atoms with E-state index in [1.807, 2.05) is 53.4 Å². The zero-order valence-corrected chi connectivity index (χ0v) is 24.6. The Balaban J connectivity index is 1.14. The highest BCUT2D eigenvalue weighted by Crippen LogP contribution is 2.35. The van der Waals surface area contributed by atoms with Gasteiger partial charge in [0.25, 0.3) is 0 Å². The number of aromatic nitrogens is 1. The summed E-state index contributed by atoms with van der Waals surface area (Å²) in [7, 11) is 0. The van der Waals surface area contributed by atoms with Gasteiger partial charge in [0.1, 0.15) is 18.2 Å². The lowest BCUT2D eigenvalue weighted by atomic mass is 9.81. The van der Waals surface area contributed by atoms with E-state index in [0.717, 1.165) is 37.2 Å². The number of amides is 3. The summed E-state index contributed by atoms with van der Waals surface area (Å²) in [4.78, 5) is 48.2. The molecule has 1 aromatic heterocycles. The second kappa shape index (κ2) is 14.8. The number of nitrogens with one attached hydrogen (secondary N) is 2. The van der Waals surface area contributed by atoms with Gasteiger partial charge in [0.2, 0.25) is 11.8 Å². The molecule has 2 fully saturated rings. The van der Waals surface area contributed by atoms with Gasteiger partial charge < -0.3 is 25.2 Å². The van der Waals surface area contributed by atoms with Gasteiger partial charge in [-0.25, -0.2) is 4.79 Å². The molecule has 1 spiro atoms. The molecule has 0 radical (unpaired) electrons. The van der Waals surface area contributed by atoms with E-state index in [1.54, 1.807) is 12.4 Å². The SMILES string of the molecule is O=C(NCCCC[C@@H]1NC(=O)C2(CCN(CCc3ccccc3)CC2)N(Cc2cccnc2)C1=O)OCc1ccccc1. The number of pyridine rings is 1. The summed E-state index contributed by atoms with van der Waals surface area (Å²) < 4.78 is 5.26. The molecule has 0 saturated carbocycles. The fourth-order valence-electron chi connectivity index (χ4n) is 5.99. The number of hydrogen-bond donors (Lipinski definition) is 2. The van der Waals surface area contributed by atoms with E-state index in [1.165, 1.54) is 5.56 Å². The van der Waals surface area contributed by atoms with Gasteiger partial charge in [0, 0.05) is 45.1 Å². The topological polar surface area (TPSA) is 104 Å². The molecule has 226 valence electrons. The second-order valence-corrected chi connectivity index (χ2v) is 11.4. The van der Waals surface area contributed by atoms with Crippen molar-refractivity contribution in [3.63, 3.8) is 0 Å². The first-order chi connectivity index (χ1) is 21.0. The molecule has 43 heavy (non-hydrogen) atoms. The van der Waals surface area contributed by atoms with Gasteiger partial charge >= 0.3 is 6.09 Å². The molecule has 3 heterocycles. The lowest BCUT2D eigenvalue weighted by Gasteiger charge is -2.51. The molecule has 1 atom stereocenters. The van der Waals surface area contributed by atoms with Gasteiger partial charge in [-0.3, -0.25) is 14.6 Å². The maximum absolute atomic E-state index is 13.9. The number of ether oxygens (including phenoxy) is 1. The molecule has 0 aliphatic carbocycles. The van der Waals surface area contributed by atoms with Crippen LogP contribution in [0.2, 0.25) is 0 Å². The highest BCUT2D eigenvalue weighted by Gasteiger charge is 2.53. The minimum Gasteiger partial charge on any atom is -0.445 e. The van der Waals surface area contributed by atoms with Crippen LogP contribution in [0.5, 0.6) is 0 Å². The number of carbonyl (C=O) groups is 3. The van der Waals surface area contributed by atoms with Crippen LogP contribution < -0.4 is 10.6 Å². The fourth-order valence-corrected chi connectivity index (χ4v) is 5.99. The van der Waals surface area contributed by atoms with Gasteiger partial charge in [-0.2, -0.15) is 0 Å². The summed E-state index contributed by atoms with van der Waals surface area (Å²) in [5.74, 6) is -0.109. The molecule has 2 aliphatic heterocycles. The van der Waals surface area contributed by atoms with Crippen LogP contribution in [0.1, 0.15) is 48.8 Å². The molecule has 3 amide bonds. The van der Waals surface area contributed by atoms with E-state index >= 15 is 0 Å². The van der Waals surface area contributed by atoms with Crippen molar-refractivity contribution in [1.82, 2.24) is 25.4 Å². The van der Waals surface area contributed by atoms with Crippen molar-refractivity contribution in [3.05, 3.63) is 102 Å². The van der Waals surface area contributed by atoms with Gasteiger partial charge in [-0.1, -0.05) is 66.7 Å². The maximum atomic E-state index is 13.9. The quantitative estimate of drug-likeness (QED) is 0.312. The van der Waals surface area contributed by atoms with E-state index in [9.17, 15) is 14.4 Å². The number of piperidine rings is 1. The van der Waals surface area contributed by atoms with Crippen molar-refractivity contribution in [2.24, 2.45) is 0 Å². The first-order valence-corrected chi connectivity index (χ1v) is 15.3. The molecule has 2 saturated heterocycles. The number of rotatable bonds is 12. The van der Waals surface area contributed by atoms with Crippen LogP contribution in [0.15, 0.2) is 85.2 Å². The van der Waals surface area contributed by atoms with Crippen LogP contribution in [-0.4, -0.2) is 70.5 Å². The molecule has 2 aromatic carbocycles. The minimum absolute atomic E-state index is 0.0450. The summed E-state index contributed by atoms with van der Waals surface area (Å²) in [6.07, 6.45) is 7.02. The number of hydrogen-bond acceptors (Lipinski definition) is 6. The molecule has 3 aromatic rings. The Bertz CT molecular complexity index is 1330. The number of alkyl carbamates (subject to hydrolysis) is 1. The molecule has 5 rings (SSSR count). The number of nitrogens with zero attached hydrogens (tertiary/aromatic N) is 3. The highest BCUT2D eigenvalue weighted by molar-refractivity contribution is 6.00. The molecule has 2 aliphatic rings. The van der Waals surface area contributed by atoms with Gasteiger partial charge in [0.15, 0.2) is 0 Å². The smallest absolute Gasteiger partial charge is 0.407 e. The van der Waals surface area contributed by atoms with Gasteiger partial charge in [-0.05, 0) is 61.3 Å². The third-order valence-electron chi connectivity index (χ3n) is 8.52. The van der Waals surface area contributed by atoms with Crippen LogP contribution in [-0.2, 0) is 33.9 Å². The normalized spacial score (nSPS) is 18.3. The van der Waals surface area contributed by atoms with Crippen molar-refractivity contribution in [2.45, 2.75) is 63.3 Å². The van der Waals surface area contributed by atoms with E-state index in [4.69, 9.17) is 4.74 Å². The minimum atomic E-state index is -0.864. The molecular formula is C34H41N5O4. The van der Waals surface area contributed by atoms with E-state index in [-0.39, 0.29) is 18.4 Å². The molecule has 9 heteroatoms. The summed E-state index contributed by atoms with van der Waals surface area (Å²) in [6, 6.07) is 23.2. The number of unbranched alkanes of at least 4 members (excludes halogenated alkanes) is 1. The molecule has 2 N–H and O–H groups in total. The highest BCUT2D eigenvalue weighted by atomic mass is 16.5. The Morgan fingerprint density at radius 1 is 0.930 bits per heavy atom. The maximum Gasteiger partial charge on any atom is 0.407 e.